The minimum Gasteiger partial charge on any atom is -0.387 e. The highest BCUT2D eigenvalue weighted by molar-refractivity contribution is 6.39. The Labute approximate surface area is 145 Å². The van der Waals surface area contributed by atoms with Crippen LogP contribution >= 0.6 is 11.6 Å². The van der Waals surface area contributed by atoms with Crippen LogP contribution in [0.1, 0.15) is 22.8 Å². The number of nitrogens with one attached hydrogen (secondary N) is 2. The molecule has 0 aliphatic carbocycles. The largest absolute Gasteiger partial charge is 0.387 e. The zero-order valence-corrected chi connectivity index (χ0v) is 14.2. The molecule has 2 aromatic rings. The van der Waals surface area contributed by atoms with Gasteiger partial charge in [-0.1, -0.05) is 35.9 Å². The second-order valence-corrected chi connectivity index (χ2v) is 5.93. The zero-order valence-electron chi connectivity index (χ0n) is 13.5. The number of hydrogen-bond donors (Lipinski definition) is 3. The quantitative estimate of drug-likeness (QED) is 0.745. The molecular weight excluding hydrogens is 328 g/mol. The number of carbonyl (C=O) groups is 2. The molecule has 0 radical (unpaired) electrons. The van der Waals surface area contributed by atoms with Gasteiger partial charge in [-0.3, -0.25) is 9.59 Å². The molecule has 0 saturated heterocycles. The highest BCUT2D eigenvalue weighted by Gasteiger charge is 2.17. The van der Waals surface area contributed by atoms with E-state index in [4.69, 9.17) is 11.6 Å². The Hall–Kier alpha value is -2.37. The summed E-state index contributed by atoms with van der Waals surface area (Å²) in [5, 5.41) is 15.6. The van der Waals surface area contributed by atoms with E-state index in [1.807, 2.05) is 25.1 Å². The van der Waals surface area contributed by atoms with Crippen molar-refractivity contribution in [1.29, 1.82) is 0 Å². The van der Waals surface area contributed by atoms with E-state index in [1.54, 1.807) is 31.2 Å². The first-order valence-corrected chi connectivity index (χ1v) is 7.85. The molecule has 1 atom stereocenters. The van der Waals surface area contributed by atoms with Crippen LogP contribution in [0.3, 0.4) is 0 Å². The van der Waals surface area contributed by atoms with Gasteiger partial charge in [-0.15, -0.1) is 0 Å². The fraction of sp³-hybridized carbons (Fsp3) is 0.222. The molecule has 0 fully saturated rings. The summed E-state index contributed by atoms with van der Waals surface area (Å²) in [5.74, 6) is -1.60. The molecule has 0 aromatic heterocycles. The monoisotopic (exact) mass is 346 g/mol. The average molecular weight is 347 g/mol. The van der Waals surface area contributed by atoms with Gasteiger partial charge in [-0.05, 0) is 48.7 Å². The molecule has 0 aliphatic heterocycles. The predicted octanol–water partition coefficient (Wildman–Crippen LogP) is 2.75. The van der Waals surface area contributed by atoms with E-state index in [0.717, 1.165) is 11.1 Å². The second kappa shape index (κ2) is 7.95. The van der Waals surface area contributed by atoms with Crippen LogP contribution < -0.4 is 10.6 Å². The molecule has 0 aliphatic rings. The molecular formula is C18H19ClN2O3. The molecule has 0 saturated carbocycles. The number of aliphatic hydroxyl groups is 1. The van der Waals surface area contributed by atoms with Crippen LogP contribution in [0.4, 0.5) is 5.69 Å². The molecule has 5 nitrogen and oxygen atoms in total. The molecule has 1 unspecified atom stereocenters. The number of amides is 2. The van der Waals surface area contributed by atoms with Gasteiger partial charge in [0, 0.05) is 17.3 Å². The molecule has 6 heteroatoms. The maximum Gasteiger partial charge on any atom is 0.313 e. The third-order valence-corrected chi connectivity index (χ3v) is 3.88. The van der Waals surface area contributed by atoms with Crippen LogP contribution in [0.2, 0.25) is 5.02 Å². The molecule has 3 N–H and O–H groups in total. The number of hydrogen-bond acceptors (Lipinski definition) is 3. The summed E-state index contributed by atoms with van der Waals surface area (Å²) in [7, 11) is 0. The van der Waals surface area contributed by atoms with Gasteiger partial charge in [0.2, 0.25) is 0 Å². The van der Waals surface area contributed by atoms with E-state index in [0.29, 0.717) is 16.3 Å². The number of halogens is 1. The predicted molar refractivity (Wildman–Crippen MR) is 94.0 cm³/mol. The third kappa shape index (κ3) is 4.57. The van der Waals surface area contributed by atoms with Crippen LogP contribution in [0.15, 0.2) is 42.5 Å². The molecule has 2 rings (SSSR count). The fourth-order valence-corrected chi connectivity index (χ4v) is 2.51. The lowest BCUT2D eigenvalue weighted by atomic mass is 10.0. The highest BCUT2D eigenvalue weighted by Crippen LogP contribution is 2.19. The van der Waals surface area contributed by atoms with Crippen molar-refractivity contribution in [1.82, 2.24) is 5.32 Å². The molecule has 126 valence electrons. The molecule has 0 bridgehead atoms. The van der Waals surface area contributed by atoms with Crippen molar-refractivity contribution in [3.63, 3.8) is 0 Å². The topological polar surface area (TPSA) is 78.4 Å². The van der Waals surface area contributed by atoms with Gasteiger partial charge < -0.3 is 15.7 Å². The first-order valence-electron chi connectivity index (χ1n) is 7.47. The van der Waals surface area contributed by atoms with Gasteiger partial charge in [-0.2, -0.15) is 0 Å². The van der Waals surface area contributed by atoms with Gasteiger partial charge in [0.15, 0.2) is 0 Å². The number of benzene rings is 2. The van der Waals surface area contributed by atoms with E-state index in [1.165, 1.54) is 0 Å². The summed E-state index contributed by atoms with van der Waals surface area (Å²) in [6, 6.07) is 12.3. The zero-order chi connectivity index (χ0) is 17.7. The van der Waals surface area contributed by atoms with E-state index in [2.05, 4.69) is 10.6 Å². The van der Waals surface area contributed by atoms with E-state index < -0.39 is 17.9 Å². The van der Waals surface area contributed by atoms with Crippen molar-refractivity contribution in [3.05, 3.63) is 64.2 Å². The lowest BCUT2D eigenvalue weighted by Gasteiger charge is -2.14. The van der Waals surface area contributed by atoms with Crippen molar-refractivity contribution >= 4 is 29.1 Å². The van der Waals surface area contributed by atoms with Crippen LogP contribution in [-0.2, 0) is 9.59 Å². The summed E-state index contributed by atoms with van der Waals surface area (Å²) >= 11 is 5.85. The Kier molecular flexibility index (Phi) is 5.95. The molecule has 2 amide bonds. The Balaban J connectivity index is 1.92. The van der Waals surface area contributed by atoms with Crippen LogP contribution in [0.25, 0.3) is 0 Å². The highest BCUT2D eigenvalue weighted by atomic mass is 35.5. The van der Waals surface area contributed by atoms with E-state index in [-0.39, 0.29) is 6.54 Å². The fourth-order valence-electron chi connectivity index (χ4n) is 2.29. The molecule has 2 aromatic carbocycles. The average Bonchev–Trinajstić information content (AvgIpc) is 2.55. The summed E-state index contributed by atoms with van der Waals surface area (Å²) < 4.78 is 0. The van der Waals surface area contributed by atoms with Gasteiger partial charge in [0.1, 0.15) is 0 Å². The van der Waals surface area contributed by atoms with Crippen molar-refractivity contribution in [2.45, 2.75) is 20.0 Å². The summed E-state index contributed by atoms with van der Waals surface area (Å²) in [6.07, 6.45) is -0.875. The van der Waals surface area contributed by atoms with Crippen LogP contribution in [0, 0.1) is 13.8 Å². The summed E-state index contributed by atoms with van der Waals surface area (Å²) in [4.78, 5) is 23.8. The molecule has 0 heterocycles. The Morgan fingerprint density at radius 2 is 1.79 bits per heavy atom. The Bertz CT molecular complexity index is 762. The van der Waals surface area contributed by atoms with Gasteiger partial charge >= 0.3 is 11.8 Å². The first kappa shape index (κ1) is 18.0. The minimum atomic E-state index is -0.875. The summed E-state index contributed by atoms with van der Waals surface area (Å²) in [5.41, 5.74) is 2.90. The number of carbonyl (C=O) groups excluding carboxylic acids is 2. The third-order valence-electron chi connectivity index (χ3n) is 3.65. The lowest BCUT2D eigenvalue weighted by molar-refractivity contribution is -0.136. The molecule has 0 spiro atoms. The van der Waals surface area contributed by atoms with Crippen LogP contribution in [-0.4, -0.2) is 23.5 Å². The van der Waals surface area contributed by atoms with E-state index >= 15 is 0 Å². The summed E-state index contributed by atoms with van der Waals surface area (Å²) in [6.45, 7) is 3.61. The maximum atomic E-state index is 11.9. The SMILES string of the molecule is Cc1cc(Cl)ccc1NC(=O)C(=O)NCC(O)c1ccccc1C. The number of anilines is 1. The number of rotatable bonds is 4. The normalized spacial score (nSPS) is 11.7. The van der Waals surface area contributed by atoms with Crippen molar-refractivity contribution in [2.24, 2.45) is 0 Å². The Morgan fingerprint density at radius 1 is 1.08 bits per heavy atom. The lowest BCUT2D eigenvalue weighted by Crippen LogP contribution is -2.37. The van der Waals surface area contributed by atoms with Gasteiger partial charge in [0.25, 0.3) is 0 Å². The first-order chi connectivity index (χ1) is 11.4. The number of aliphatic hydroxyl groups excluding tert-OH is 1. The van der Waals surface area contributed by atoms with Crippen molar-refractivity contribution in [2.75, 3.05) is 11.9 Å². The number of aryl methyl sites for hydroxylation is 2. The van der Waals surface area contributed by atoms with Gasteiger partial charge in [-0.25, -0.2) is 0 Å². The second-order valence-electron chi connectivity index (χ2n) is 5.50. The van der Waals surface area contributed by atoms with Gasteiger partial charge in [0.05, 0.1) is 6.10 Å². The maximum absolute atomic E-state index is 11.9. The van der Waals surface area contributed by atoms with Crippen molar-refractivity contribution in [3.8, 4) is 0 Å². The smallest absolute Gasteiger partial charge is 0.313 e. The van der Waals surface area contributed by atoms with Crippen LogP contribution in [0.5, 0.6) is 0 Å². The van der Waals surface area contributed by atoms with E-state index in [9.17, 15) is 14.7 Å². The molecule has 24 heavy (non-hydrogen) atoms. The standard InChI is InChI=1S/C18H19ClN2O3/c1-11-5-3-4-6-14(11)16(22)10-20-17(23)18(24)21-15-8-7-13(19)9-12(15)2/h3-9,16,22H,10H2,1-2H3,(H,20,23)(H,21,24). The Morgan fingerprint density at radius 3 is 2.46 bits per heavy atom. The van der Waals surface area contributed by atoms with Crippen molar-refractivity contribution < 1.29 is 14.7 Å². The minimum absolute atomic E-state index is 0.0449.